The van der Waals surface area contributed by atoms with Crippen LogP contribution in [0.1, 0.15) is 130 Å². The largest absolute Gasteiger partial charge is 0.547 e. The summed E-state index contributed by atoms with van der Waals surface area (Å²) in [6.07, 6.45) is 18.9. The van der Waals surface area contributed by atoms with Crippen LogP contribution < -0.4 is 5.11 Å². The van der Waals surface area contributed by atoms with Crippen LogP contribution in [0.2, 0.25) is 0 Å². The van der Waals surface area contributed by atoms with E-state index >= 15 is 0 Å². The van der Waals surface area contributed by atoms with Crippen molar-refractivity contribution in [2.75, 3.05) is 0 Å². The Labute approximate surface area is 168 Å². The minimum absolute atomic E-state index is 0.455. The molecule has 1 atom stereocenters. The van der Waals surface area contributed by atoms with Crippen molar-refractivity contribution in [2.45, 2.75) is 142 Å². The maximum absolute atomic E-state index is 11.1. The molecule has 0 N–H and O–H groups in total. The summed E-state index contributed by atoms with van der Waals surface area (Å²) in [5, 5.41) is 11.1. The van der Waals surface area contributed by atoms with Crippen molar-refractivity contribution in [2.24, 2.45) is 0 Å². The van der Waals surface area contributed by atoms with E-state index < -0.39 is 17.7 Å². The average Bonchev–Trinajstić information content (AvgIpc) is 2.59. The summed E-state index contributed by atoms with van der Waals surface area (Å²) in [5.74, 6) is -1.19. The Morgan fingerprint density at radius 3 is 1.44 bits per heavy atom. The number of hydrogen-bond acceptors (Lipinski definition) is 4. The van der Waals surface area contributed by atoms with Gasteiger partial charge in [0.25, 0.3) is 0 Å². The molecule has 0 fully saturated rings. The summed E-state index contributed by atoms with van der Waals surface area (Å²) in [6, 6.07) is 0. The zero-order valence-electron chi connectivity index (χ0n) is 18.5. The summed E-state index contributed by atoms with van der Waals surface area (Å²) in [4.78, 5) is 21.2. The van der Waals surface area contributed by atoms with Gasteiger partial charge in [-0.3, -0.25) is 0 Å². The van der Waals surface area contributed by atoms with Gasteiger partial charge in [-0.25, -0.2) is 9.78 Å². The van der Waals surface area contributed by atoms with Crippen LogP contribution in [0, 0.1) is 0 Å². The van der Waals surface area contributed by atoms with E-state index in [1.165, 1.54) is 77.0 Å². The molecule has 0 saturated heterocycles. The highest BCUT2D eigenvalue weighted by Gasteiger charge is 2.17. The lowest BCUT2D eigenvalue weighted by molar-refractivity contribution is -0.392. The Balaban J connectivity index is 3.39. The first-order valence-electron chi connectivity index (χ1n) is 11.4. The molecule has 0 radical (unpaired) electrons. The molecular formula is C23H45O4-. The summed E-state index contributed by atoms with van der Waals surface area (Å²) in [5.41, 5.74) is -0.511. The molecule has 162 valence electrons. The number of unbranched alkanes of at least 4 members (excludes halogenated alkanes) is 14. The molecule has 0 bridgehead atoms. The topological polar surface area (TPSA) is 58.6 Å². The Hall–Kier alpha value is -0.610. The molecule has 4 nitrogen and oxygen atoms in total. The number of carbonyl (C=O) groups excluding carboxylic acids is 1. The molecular weight excluding hydrogens is 340 g/mol. The van der Waals surface area contributed by atoms with E-state index in [1.807, 2.05) is 20.8 Å². The smallest absolute Gasteiger partial charge is 0.132 e. The van der Waals surface area contributed by atoms with Crippen molar-refractivity contribution in [3.63, 3.8) is 0 Å². The van der Waals surface area contributed by atoms with E-state index in [0.29, 0.717) is 6.42 Å². The fraction of sp³-hybridized carbons (Fsp3) is 0.957. The first-order valence-corrected chi connectivity index (χ1v) is 11.4. The molecule has 0 heterocycles. The van der Waals surface area contributed by atoms with Crippen LogP contribution in [0.15, 0.2) is 0 Å². The molecule has 4 heteroatoms. The molecule has 1 unspecified atom stereocenters. The molecule has 0 aliphatic carbocycles. The third-order valence-corrected chi connectivity index (χ3v) is 4.75. The standard InChI is InChI=1S/C23H46O4/c1-5-6-7-8-9-10-11-12-13-14-15-16-17-18-19-20-21(22(24)25)26-27-23(2,3)4/h21H,5-20H2,1-4H3,(H,24,25)/p-1. The van der Waals surface area contributed by atoms with Crippen molar-refractivity contribution in [1.82, 2.24) is 0 Å². The highest BCUT2D eigenvalue weighted by atomic mass is 17.2. The number of hydrogen-bond donors (Lipinski definition) is 0. The molecule has 0 aromatic carbocycles. The van der Waals surface area contributed by atoms with Crippen LogP contribution in [0.3, 0.4) is 0 Å². The molecule has 0 saturated carbocycles. The molecule has 0 rings (SSSR count). The van der Waals surface area contributed by atoms with Crippen LogP contribution in [-0.2, 0) is 14.6 Å². The number of carboxylic acid groups (broad SMARTS) is 1. The van der Waals surface area contributed by atoms with Crippen molar-refractivity contribution < 1.29 is 19.7 Å². The number of rotatable bonds is 19. The van der Waals surface area contributed by atoms with Gasteiger partial charge in [-0.05, 0) is 27.2 Å². The zero-order valence-corrected chi connectivity index (χ0v) is 18.5. The Bertz CT molecular complexity index is 336. The Morgan fingerprint density at radius 1 is 0.741 bits per heavy atom. The maximum Gasteiger partial charge on any atom is 0.132 e. The average molecular weight is 386 g/mol. The highest BCUT2D eigenvalue weighted by molar-refractivity contribution is 5.69. The van der Waals surface area contributed by atoms with E-state index in [0.717, 1.165) is 19.3 Å². The van der Waals surface area contributed by atoms with Gasteiger partial charge in [0, 0.05) is 0 Å². The fourth-order valence-corrected chi connectivity index (χ4v) is 3.11. The SMILES string of the molecule is CCCCCCCCCCCCCCCCCC(OOC(C)(C)C)C(=O)[O-]. The van der Waals surface area contributed by atoms with E-state index in [2.05, 4.69) is 6.92 Å². The Morgan fingerprint density at radius 2 is 1.11 bits per heavy atom. The van der Waals surface area contributed by atoms with Gasteiger partial charge >= 0.3 is 0 Å². The van der Waals surface area contributed by atoms with E-state index in [9.17, 15) is 9.90 Å². The van der Waals surface area contributed by atoms with Gasteiger partial charge in [0.05, 0.1) is 11.6 Å². The lowest BCUT2D eigenvalue weighted by Crippen LogP contribution is -2.39. The summed E-state index contributed by atoms with van der Waals surface area (Å²) >= 11 is 0. The third-order valence-electron chi connectivity index (χ3n) is 4.75. The van der Waals surface area contributed by atoms with Crippen LogP contribution in [0.4, 0.5) is 0 Å². The van der Waals surface area contributed by atoms with Gasteiger partial charge in [0.1, 0.15) is 6.10 Å². The molecule has 27 heavy (non-hydrogen) atoms. The summed E-state index contributed by atoms with van der Waals surface area (Å²) in [7, 11) is 0. The van der Waals surface area contributed by atoms with Crippen molar-refractivity contribution >= 4 is 5.97 Å². The van der Waals surface area contributed by atoms with Gasteiger partial charge < -0.3 is 9.90 Å². The molecule has 0 aromatic heterocycles. The molecule has 0 spiro atoms. The van der Waals surface area contributed by atoms with Crippen molar-refractivity contribution in [3.8, 4) is 0 Å². The maximum atomic E-state index is 11.1. The number of carbonyl (C=O) groups is 1. The molecule has 0 aliphatic rings. The monoisotopic (exact) mass is 385 g/mol. The normalized spacial score (nSPS) is 13.0. The van der Waals surface area contributed by atoms with Crippen LogP contribution >= 0.6 is 0 Å². The van der Waals surface area contributed by atoms with Crippen LogP contribution in [0.25, 0.3) is 0 Å². The van der Waals surface area contributed by atoms with Crippen LogP contribution in [0.5, 0.6) is 0 Å². The second-order valence-electron chi connectivity index (χ2n) is 8.84. The van der Waals surface area contributed by atoms with Gasteiger partial charge in [0.15, 0.2) is 0 Å². The quantitative estimate of drug-likeness (QED) is 0.153. The highest BCUT2D eigenvalue weighted by Crippen LogP contribution is 2.16. The van der Waals surface area contributed by atoms with Gasteiger partial charge in [0.2, 0.25) is 0 Å². The van der Waals surface area contributed by atoms with Gasteiger partial charge in [-0.15, -0.1) is 0 Å². The number of aliphatic carboxylic acids is 1. The Kier molecular flexibility index (Phi) is 17.1. The van der Waals surface area contributed by atoms with Gasteiger partial charge in [-0.2, -0.15) is 0 Å². The predicted molar refractivity (Wildman–Crippen MR) is 110 cm³/mol. The minimum Gasteiger partial charge on any atom is -0.547 e. The number of carboxylic acids is 1. The van der Waals surface area contributed by atoms with Crippen molar-refractivity contribution in [3.05, 3.63) is 0 Å². The van der Waals surface area contributed by atoms with Gasteiger partial charge in [-0.1, -0.05) is 103 Å². The summed E-state index contributed by atoms with van der Waals surface area (Å²) in [6.45, 7) is 7.74. The minimum atomic E-state index is -1.19. The third kappa shape index (κ3) is 19.9. The summed E-state index contributed by atoms with van der Waals surface area (Å²) < 4.78 is 0. The van der Waals surface area contributed by atoms with Crippen molar-refractivity contribution in [1.29, 1.82) is 0 Å². The lowest BCUT2D eigenvalue weighted by atomic mass is 10.0. The first kappa shape index (κ1) is 26.4. The second-order valence-corrected chi connectivity index (χ2v) is 8.84. The molecule has 0 amide bonds. The second kappa shape index (κ2) is 17.5. The van der Waals surface area contributed by atoms with E-state index in [4.69, 9.17) is 9.78 Å². The van der Waals surface area contributed by atoms with E-state index in [1.54, 1.807) is 0 Å². The molecule has 0 aromatic rings. The fourth-order valence-electron chi connectivity index (χ4n) is 3.11. The van der Waals surface area contributed by atoms with E-state index in [-0.39, 0.29) is 0 Å². The molecule has 0 aliphatic heterocycles. The predicted octanol–water partition coefficient (Wildman–Crippen LogP) is 6.11. The zero-order chi connectivity index (χ0) is 20.4. The lowest BCUT2D eigenvalue weighted by Gasteiger charge is -2.23. The first-order chi connectivity index (χ1) is 12.9. The van der Waals surface area contributed by atoms with Crippen LogP contribution in [-0.4, -0.2) is 17.7 Å².